The van der Waals surface area contributed by atoms with Crippen molar-refractivity contribution in [1.29, 1.82) is 0 Å². The first-order valence-corrected chi connectivity index (χ1v) is 6.73. The highest BCUT2D eigenvalue weighted by atomic mass is 19.4. The quantitative estimate of drug-likeness (QED) is 0.862. The van der Waals surface area contributed by atoms with Gasteiger partial charge in [-0.25, -0.2) is 4.79 Å². The molecule has 0 atom stereocenters. The molecule has 2 aromatic rings. The second-order valence-electron chi connectivity index (χ2n) is 5.06. The van der Waals surface area contributed by atoms with Crippen LogP contribution in [0.5, 0.6) is 0 Å². The number of carbonyl (C=O) groups is 2. The summed E-state index contributed by atoms with van der Waals surface area (Å²) in [5, 5.41) is 2.17. The zero-order chi connectivity index (χ0) is 16.6. The SMILES string of the molecule is O=C1CN(c2ccc(-c3ccc(C(F)(F)F)cc3)cc2)C(=O)N1. The van der Waals surface area contributed by atoms with Crippen LogP contribution in [0.1, 0.15) is 5.56 Å². The van der Waals surface area contributed by atoms with E-state index in [1.165, 1.54) is 17.0 Å². The lowest BCUT2D eigenvalue weighted by atomic mass is 10.0. The number of urea groups is 1. The second kappa shape index (κ2) is 5.42. The van der Waals surface area contributed by atoms with Crippen molar-refractivity contribution in [3.05, 3.63) is 54.1 Å². The molecule has 1 aliphatic rings. The van der Waals surface area contributed by atoms with E-state index in [0.717, 1.165) is 12.1 Å². The minimum Gasteiger partial charge on any atom is -0.285 e. The molecule has 0 aromatic heterocycles. The third-order valence-electron chi connectivity index (χ3n) is 3.52. The fraction of sp³-hybridized carbons (Fsp3) is 0.125. The molecular weight excluding hydrogens is 309 g/mol. The number of hydrogen-bond acceptors (Lipinski definition) is 2. The van der Waals surface area contributed by atoms with Gasteiger partial charge in [0.2, 0.25) is 5.91 Å². The van der Waals surface area contributed by atoms with E-state index in [4.69, 9.17) is 0 Å². The predicted molar refractivity (Wildman–Crippen MR) is 77.8 cm³/mol. The molecule has 0 spiro atoms. The maximum atomic E-state index is 12.5. The molecule has 1 saturated heterocycles. The lowest BCUT2D eigenvalue weighted by molar-refractivity contribution is -0.137. The van der Waals surface area contributed by atoms with Gasteiger partial charge >= 0.3 is 12.2 Å². The Bertz CT molecular complexity index is 752. The van der Waals surface area contributed by atoms with Crippen LogP contribution < -0.4 is 10.2 Å². The molecule has 23 heavy (non-hydrogen) atoms. The van der Waals surface area contributed by atoms with Gasteiger partial charge in [0.05, 0.1) is 5.56 Å². The molecule has 0 bridgehead atoms. The van der Waals surface area contributed by atoms with Crippen LogP contribution in [0, 0.1) is 0 Å². The average Bonchev–Trinajstić information content (AvgIpc) is 2.85. The Labute approximate surface area is 129 Å². The van der Waals surface area contributed by atoms with Crippen LogP contribution in [0.2, 0.25) is 0 Å². The van der Waals surface area contributed by atoms with Crippen LogP contribution >= 0.6 is 0 Å². The van der Waals surface area contributed by atoms with Crippen molar-refractivity contribution in [3.63, 3.8) is 0 Å². The minimum atomic E-state index is -4.36. The summed E-state index contributed by atoms with van der Waals surface area (Å²) < 4.78 is 37.6. The Balaban J connectivity index is 1.82. The van der Waals surface area contributed by atoms with E-state index in [1.807, 2.05) is 0 Å². The number of carbonyl (C=O) groups excluding carboxylic acids is 2. The molecule has 0 aliphatic carbocycles. The van der Waals surface area contributed by atoms with Gasteiger partial charge in [-0.2, -0.15) is 13.2 Å². The molecule has 1 N–H and O–H groups in total. The van der Waals surface area contributed by atoms with Crippen molar-refractivity contribution in [1.82, 2.24) is 5.32 Å². The Morgan fingerprint density at radius 1 is 0.870 bits per heavy atom. The number of nitrogens with zero attached hydrogens (tertiary/aromatic N) is 1. The summed E-state index contributed by atoms with van der Waals surface area (Å²) in [6.07, 6.45) is -4.36. The Kier molecular flexibility index (Phi) is 3.55. The molecule has 3 amide bonds. The fourth-order valence-electron chi connectivity index (χ4n) is 2.34. The number of rotatable bonds is 2. The van der Waals surface area contributed by atoms with Gasteiger partial charge in [0.1, 0.15) is 6.54 Å². The van der Waals surface area contributed by atoms with Gasteiger partial charge in [-0.3, -0.25) is 15.0 Å². The summed E-state index contributed by atoms with van der Waals surface area (Å²) in [7, 11) is 0. The molecule has 0 unspecified atom stereocenters. The third kappa shape index (κ3) is 3.03. The number of anilines is 1. The molecule has 1 heterocycles. The first kappa shape index (κ1) is 15.1. The number of amides is 3. The van der Waals surface area contributed by atoms with Gasteiger partial charge in [0.15, 0.2) is 0 Å². The van der Waals surface area contributed by atoms with Crippen molar-refractivity contribution in [2.24, 2.45) is 0 Å². The van der Waals surface area contributed by atoms with Crippen LogP contribution in [0.15, 0.2) is 48.5 Å². The smallest absolute Gasteiger partial charge is 0.285 e. The lowest BCUT2D eigenvalue weighted by Gasteiger charge is -2.14. The van der Waals surface area contributed by atoms with Crippen LogP contribution in [-0.2, 0) is 11.0 Å². The first-order valence-electron chi connectivity index (χ1n) is 6.73. The topological polar surface area (TPSA) is 49.4 Å². The maximum Gasteiger partial charge on any atom is 0.416 e. The summed E-state index contributed by atoms with van der Waals surface area (Å²) in [4.78, 5) is 24.0. The number of hydrogen-bond donors (Lipinski definition) is 1. The van der Waals surface area contributed by atoms with Gasteiger partial charge in [-0.15, -0.1) is 0 Å². The fourth-order valence-corrected chi connectivity index (χ4v) is 2.34. The third-order valence-corrected chi connectivity index (χ3v) is 3.52. The molecule has 1 aliphatic heterocycles. The van der Waals surface area contributed by atoms with Gasteiger partial charge in [0.25, 0.3) is 0 Å². The zero-order valence-electron chi connectivity index (χ0n) is 11.7. The average molecular weight is 320 g/mol. The van der Waals surface area contributed by atoms with E-state index in [2.05, 4.69) is 5.32 Å². The summed E-state index contributed by atoms with van der Waals surface area (Å²) in [6, 6.07) is 11.0. The first-order chi connectivity index (χ1) is 10.8. The van der Waals surface area contributed by atoms with Crippen molar-refractivity contribution in [2.45, 2.75) is 6.18 Å². The molecule has 1 fully saturated rings. The van der Waals surface area contributed by atoms with Crippen molar-refractivity contribution in [2.75, 3.05) is 11.4 Å². The van der Waals surface area contributed by atoms with Crippen LogP contribution in [0.4, 0.5) is 23.7 Å². The Hall–Kier alpha value is -2.83. The van der Waals surface area contributed by atoms with E-state index in [1.54, 1.807) is 24.3 Å². The van der Waals surface area contributed by atoms with E-state index in [0.29, 0.717) is 16.8 Å². The van der Waals surface area contributed by atoms with Crippen LogP contribution in [-0.4, -0.2) is 18.5 Å². The zero-order valence-corrected chi connectivity index (χ0v) is 11.7. The Morgan fingerprint density at radius 2 is 1.39 bits per heavy atom. The highest BCUT2D eigenvalue weighted by molar-refractivity contribution is 6.12. The van der Waals surface area contributed by atoms with Crippen molar-refractivity contribution >= 4 is 17.6 Å². The molecular formula is C16H11F3N2O2. The van der Waals surface area contributed by atoms with Gasteiger partial charge < -0.3 is 0 Å². The largest absolute Gasteiger partial charge is 0.416 e. The van der Waals surface area contributed by atoms with Crippen LogP contribution in [0.3, 0.4) is 0 Å². The predicted octanol–water partition coefficient (Wildman–Crippen LogP) is 3.43. The standard InChI is InChI=1S/C16H11F3N2O2/c17-16(18,19)12-5-1-10(2-6-12)11-3-7-13(8-4-11)21-9-14(22)20-15(21)23/h1-8H,9H2,(H,20,22,23). The van der Waals surface area contributed by atoms with E-state index in [9.17, 15) is 22.8 Å². The van der Waals surface area contributed by atoms with Crippen molar-refractivity contribution < 1.29 is 22.8 Å². The number of benzene rings is 2. The summed E-state index contributed by atoms with van der Waals surface area (Å²) >= 11 is 0. The monoisotopic (exact) mass is 320 g/mol. The number of nitrogens with one attached hydrogen (secondary N) is 1. The molecule has 7 heteroatoms. The van der Waals surface area contributed by atoms with E-state index >= 15 is 0 Å². The minimum absolute atomic E-state index is 0.0432. The highest BCUT2D eigenvalue weighted by Crippen LogP contribution is 2.31. The lowest BCUT2D eigenvalue weighted by Crippen LogP contribution is -2.27. The van der Waals surface area contributed by atoms with Gasteiger partial charge in [0, 0.05) is 5.69 Å². The molecule has 4 nitrogen and oxygen atoms in total. The summed E-state index contributed by atoms with van der Waals surface area (Å²) in [5.74, 6) is -0.373. The van der Waals surface area contributed by atoms with Gasteiger partial charge in [-0.1, -0.05) is 24.3 Å². The molecule has 118 valence electrons. The normalized spacial score (nSPS) is 15.0. The molecule has 2 aromatic carbocycles. The summed E-state index contributed by atoms with van der Waals surface area (Å²) in [5.41, 5.74) is 1.19. The highest BCUT2D eigenvalue weighted by Gasteiger charge is 2.30. The van der Waals surface area contributed by atoms with Crippen molar-refractivity contribution in [3.8, 4) is 11.1 Å². The Morgan fingerprint density at radius 3 is 1.83 bits per heavy atom. The maximum absolute atomic E-state index is 12.5. The second-order valence-corrected chi connectivity index (χ2v) is 5.06. The number of alkyl halides is 3. The van der Waals surface area contributed by atoms with E-state index in [-0.39, 0.29) is 12.5 Å². The van der Waals surface area contributed by atoms with E-state index < -0.39 is 17.8 Å². The number of imide groups is 1. The molecule has 3 rings (SSSR count). The molecule has 0 saturated carbocycles. The van der Waals surface area contributed by atoms with Crippen LogP contribution in [0.25, 0.3) is 11.1 Å². The number of halogens is 3. The molecule has 0 radical (unpaired) electrons. The van der Waals surface area contributed by atoms with Gasteiger partial charge in [-0.05, 0) is 35.4 Å². The summed E-state index contributed by atoms with van der Waals surface area (Å²) in [6.45, 7) is -0.0432.